The first kappa shape index (κ1) is 20.7. The van der Waals surface area contributed by atoms with Crippen LogP contribution in [0.3, 0.4) is 0 Å². The first-order chi connectivity index (χ1) is 14.0. The second-order valence-corrected chi connectivity index (χ2v) is 10.6. The van der Waals surface area contributed by atoms with Crippen LogP contribution in [-0.4, -0.2) is 48.8 Å². The fraction of sp³-hybridized carbons (Fsp3) is 0.250. The number of thiophene rings is 1. The number of benzene rings is 1. The van der Waals surface area contributed by atoms with E-state index in [2.05, 4.69) is 27.1 Å². The number of thiazole rings is 1. The summed E-state index contributed by atoms with van der Waals surface area (Å²) in [6, 6.07) is 9.16. The van der Waals surface area contributed by atoms with Gasteiger partial charge in [-0.25, -0.2) is 13.4 Å². The molecular formula is C20H20ClN3O2S3. The van der Waals surface area contributed by atoms with Gasteiger partial charge in [0.1, 0.15) is 5.01 Å². The van der Waals surface area contributed by atoms with Gasteiger partial charge in [0.05, 0.1) is 5.69 Å². The highest BCUT2D eigenvalue weighted by atomic mass is 35.5. The maximum atomic E-state index is 12.6. The van der Waals surface area contributed by atoms with Gasteiger partial charge in [-0.2, -0.15) is 15.6 Å². The number of nitrogens with zero attached hydrogens (tertiary/aromatic N) is 3. The van der Waals surface area contributed by atoms with Gasteiger partial charge in [-0.15, -0.1) is 11.3 Å². The van der Waals surface area contributed by atoms with Gasteiger partial charge in [0.25, 0.3) is 0 Å². The van der Waals surface area contributed by atoms with Crippen molar-refractivity contribution in [3.63, 3.8) is 0 Å². The Labute approximate surface area is 183 Å². The van der Waals surface area contributed by atoms with Crippen molar-refractivity contribution < 1.29 is 8.42 Å². The Kier molecular flexibility index (Phi) is 6.48. The van der Waals surface area contributed by atoms with Crippen LogP contribution in [0.1, 0.15) is 11.3 Å². The molecule has 29 heavy (non-hydrogen) atoms. The van der Waals surface area contributed by atoms with Crippen molar-refractivity contribution in [1.82, 2.24) is 14.2 Å². The Bertz CT molecular complexity index is 1070. The molecule has 1 fully saturated rings. The van der Waals surface area contributed by atoms with E-state index in [4.69, 9.17) is 16.6 Å². The monoisotopic (exact) mass is 465 g/mol. The molecule has 152 valence electrons. The van der Waals surface area contributed by atoms with Crippen molar-refractivity contribution in [2.24, 2.45) is 0 Å². The van der Waals surface area contributed by atoms with E-state index in [1.54, 1.807) is 53.0 Å². The highest BCUT2D eigenvalue weighted by molar-refractivity contribution is 7.92. The molecule has 2 aromatic heterocycles. The maximum absolute atomic E-state index is 12.6. The molecule has 1 saturated heterocycles. The molecule has 0 aliphatic carbocycles. The molecule has 9 heteroatoms. The van der Waals surface area contributed by atoms with E-state index in [1.807, 2.05) is 0 Å². The average Bonchev–Trinajstić information content (AvgIpc) is 3.40. The lowest BCUT2D eigenvalue weighted by Crippen LogP contribution is -2.47. The molecule has 0 spiro atoms. The number of sulfonamides is 1. The number of piperazine rings is 1. The summed E-state index contributed by atoms with van der Waals surface area (Å²) < 4.78 is 26.8. The number of hydrogen-bond donors (Lipinski definition) is 0. The lowest BCUT2D eigenvalue weighted by atomic mass is 10.2. The maximum Gasteiger partial charge on any atom is 0.236 e. The zero-order valence-electron chi connectivity index (χ0n) is 15.6. The van der Waals surface area contributed by atoms with E-state index in [0.717, 1.165) is 28.4 Å². The summed E-state index contributed by atoms with van der Waals surface area (Å²) in [6.45, 7) is 3.09. The van der Waals surface area contributed by atoms with Crippen LogP contribution in [0.4, 0.5) is 0 Å². The minimum absolute atomic E-state index is 0.481. The zero-order chi connectivity index (χ0) is 20.3. The Balaban J connectivity index is 1.32. The van der Waals surface area contributed by atoms with Crippen LogP contribution >= 0.6 is 34.3 Å². The molecule has 4 rings (SSSR count). The van der Waals surface area contributed by atoms with E-state index in [1.165, 1.54) is 9.71 Å². The third-order valence-electron chi connectivity index (χ3n) is 4.70. The van der Waals surface area contributed by atoms with E-state index >= 15 is 0 Å². The molecule has 5 nitrogen and oxygen atoms in total. The summed E-state index contributed by atoms with van der Waals surface area (Å²) in [5, 5.41) is 9.18. The van der Waals surface area contributed by atoms with Crippen molar-refractivity contribution in [3.05, 3.63) is 68.2 Å². The molecule has 0 atom stereocenters. The van der Waals surface area contributed by atoms with Crippen LogP contribution < -0.4 is 0 Å². The Morgan fingerprint density at radius 3 is 2.52 bits per heavy atom. The minimum Gasteiger partial charge on any atom is -0.295 e. The molecule has 0 amide bonds. The van der Waals surface area contributed by atoms with Crippen LogP contribution in [0, 0.1) is 0 Å². The average molecular weight is 466 g/mol. The first-order valence-corrected chi connectivity index (χ1v) is 12.8. The number of halogens is 1. The molecule has 0 N–H and O–H groups in total. The standard InChI is InChI=1S/C20H20ClN3O2S3/c21-18-3-1-16(2-4-18)6-12-29(25,26)24-9-7-23(8-10-24)13-19-15-28-20(22-19)17-5-11-27-14-17/h1-6,11-12,14-15H,7-10,13H2/b12-6+. The van der Waals surface area contributed by atoms with Gasteiger partial charge in [0.15, 0.2) is 0 Å². The fourth-order valence-corrected chi connectivity index (χ4v) is 5.92. The van der Waals surface area contributed by atoms with E-state index in [0.29, 0.717) is 31.2 Å². The topological polar surface area (TPSA) is 53.5 Å². The molecule has 0 saturated carbocycles. The summed E-state index contributed by atoms with van der Waals surface area (Å²) in [4.78, 5) is 6.97. The van der Waals surface area contributed by atoms with Gasteiger partial charge in [0, 0.05) is 59.5 Å². The van der Waals surface area contributed by atoms with Crippen molar-refractivity contribution >= 4 is 50.4 Å². The van der Waals surface area contributed by atoms with Gasteiger partial charge < -0.3 is 0 Å². The van der Waals surface area contributed by atoms with Crippen LogP contribution in [0.5, 0.6) is 0 Å². The van der Waals surface area contributed by atoms with Crippen LogP contribution in [0.15, 0.2) is 51.9 Å². The van der Waals surface area contributed by atoms with Gasteiger partial charge in [-0.05, 0) is 35.2 Å². The third-order valence-corrected chi connectivity index (χ3v) is 8.14. The van der Waals surface area contributed by atoms with E-state index in [-0.39, 0.29) is 0 Å². The second-order valence-electron chi connectivity index (χ2n) is 6.73. The second kappa shape index (κ2) is 9.07. The summed E-state index contributed by atoms with van der Waals surface area (Å²) in [7, 11) is -3.43. The van der Waals surface area contributed by atoms with Gasteiger partial charge in [-0.1, -0.05) is 23.7 Å². The highest BCUT2D eigenvalue weighted by Crippen LogP contribution is 2.26. The Morgan fingerprint density at radius 1 is 1.07 bits per heavy atom. The molecule has 1 aliphatic heterocycles. The third kappa shape index (κ3) is 5.33. The molecule has 1 aromatic carbocycles. The van der Waals surface area contributed by atoms with Crippen LogP contribution in [0.2, 0.25) is 5.02 Å². The largest absolute Gasteiger partial charge is 0.295 e. The summed E-state index contributed by atoms with van der Waals surface area (Å²) >= 11 is 9.18. The number of hydrogen-bond acceptors (Lipinski definition) is 6. The van der Waals surface area contributed by atoms with Gasteiger partial charge in [-0.3, -0.25) is 4.90 Å². The first-order valence-electron chi connectivity index (χ1n) is 9.13. The summed E-state index contributed by atoms with van der Waals surface area (Å²) in [6.07, 6.45) is 1.61. The SMILES string of the molecule is O=S(=O)(/C=C/c1ccc(Cl)cc1)N1CCN(Cc2csc(-c3ccsc3)n2)CC1. The predicted octanol–water partition coefficient (Wildman–Crippen LogP) is 4.64. The van der Waals surface area contributed by atoms with E-state index < -0.39 is 10.0 Å². The van der Waals surface area contributed by atoms with E-state index in [9.17, 15) is 8.42 Å². The van der Waals surface area contributed by atoms with Crippen molar-refractivity contribution in [1.29, 1.82) is 0 Å². The Hall–Kier alpha value is -1.55. The van der Waals surface area contributed by atoms with Crippen LogP contribution in [0.25, 0.3) is 16.6 Å². The van der Waals surface area contributed by atoms with Crippen molar-refractivity contribution in [3.8, 4) is 10.6 Å². The van der Waals surface area contributed by atoms with Gasteiger partial charge >= 0.3 is 0 Å². The number of aromatic nitrogens is 1. The van der Waals surface area contributed by atoms with Crippen LogP contribution in [-0.2, 0) is 16.6 Å². The highest BCUT2D eigenvalue weighted by Gasteiger charge is 2.25. The molecule has 1 aliphatic rings. The Morgan fingerprint density at radius 2 is 1.83 bits per heavy atom. The zero-order valence-corrected chi connectivity index (χ0v) is 18.8. The molecule has 3 aromatic rings. The smallest absolute Gasteiger partial charge is 0.236 e. The minimum atomic E-state index is -3.43. The lowest BCUT2D eigenvalue weighted by Gasteiger charge is -2.32. The molecule has 0 unspecified atom stereocenters. The summed E-state index contributed by atoms with van der Waals surface area (Å²) in [5.41, 5.74) is 3.01. The lowest BCUT2D eigenvalue weighted by molar-refractivity contribution is 0.181. The molecule has 0 radical (unpaired) electrons. The molecule has 3 heterocycles. The molecular weight excluding hydrogens is 446 g/mol. The predicted molar refractivity (Wildman–Crippen MR) is 122 cm³/mol. The normalized spacial score (nSPS) is 16.6. The fourth-order valence-electron chi connectivity index (χ4n) is 3.09. The van der Waals surface area contributed by atoms with Gasteiger partial charge in [0.2, 0.25) is 10.0 Å². The number of rotatable bonds is 6. The summed E-state index contributed by atoms with van der Waals surface area (Å²) in [5.74, 6) is 0. The van der Waals surface area contributed by atoms with Crippen molar-refractivity contribution in [2.45, 2.75) is 6.54 Å². The van der Waals surface area contributed by atoms with Crippen molar-refractivity contribution in [2.75, 3.05) is 26.2 Å². The quantitative estimate of drug-likeness (QED) is 0.532. The molecule has 0 bridgehead atoms.